The summed E-state index contributed by atoms with van der Waals surface area (Å²) in [5.41, 5.74) is 0. The molecular weight excluding hydrogens is 240 g/mol. The number of methoxy groups -OCH3 is 1. The smallest absolute Gasteiger partial charge is 0.353 e. The highest BCUT2D eigenvalue weighted by Gasteiger charge is 2.39. The third-order valence-electron chi connectivity index (χ3n) is 3.10. The standard InChI is InChI=1S/C11H21F2NO2.C2H6/c1-5-14-7-9(16-11(3,12)13)6-10(14)8(2)15-4;1-2/h8-10H,5-7H2,1-4H3;1-2H3/t8-,9+,10-;/m0./s1. The molecule has 1 saturated heterocycles. The van der Waals surface area contributed by atoms with Crippen molar-refractivity contribution < 1.29 is 18.3 Å². The summed E-state index contributed by atoms with van der Waals surface area (Å²) in [6, 6.07) is 0.169. The van der Waals surface area contributed by atoms with E-state index < -0.39 is 12.2 Å². The summed E-state index contributed by atoms with van der Waals surface area (Å²) in [4.78, 5) is 2.13. The lowest BCUT2D eigenvalue weighted by Crippen LogP contribution is -2.38. The Morgan fingerprint density at radius 3 is 2.33 bits per heavy atom. The molecule has 1 rings (SSSR count). The summed E-state index contributed by atoms with van der Waals surface area (Å²) in [5, 5.41) is 0. The van der Waals surface area contributed by atoms with Crippen LogP contribution >= 0.6 is 0 Å². The fourth-order valence-electron chi connectivity index (χ4n) is 2.28. The van der Waals surface area contributed by atoms with Crippen LogP contribution in [0.5, 0.6) is 0 Å². The van der Waals surface area contributed by atoms with Crippen molar-refractivity contribution in [3.8, 4) is 0 Å². The molecule has 0 aromatic carbocycles. The van der Waals surface area contributed by atoms with Crippen LogP contribution < -0.4 is 0 Å². The van der Waals surface area contributed by atoms with Crippen LogP contribution in [0.15, 0.2) is 0 Å². The van der Waals surface area contributed by atoms with Crippen LogP contribution in [-0.2, 0) is 9.47 Å². The number of likely N-dealkylation sites (N-methyl/N-ethyl adjacent to an activating group) is 1. The van der Waals surface area contributed by atoms with Gasteiger partial charge in [0.15, 0.2) is 0 Å². The van der Waals surface area contributed by atoms with Crippen molar-refractivity contribution in [2.45, 2.75) is 65.4 Å². The quantitative estimate of drug-likeness (QED) is 0.764. The Kier molecular flexibility index (Phi) is 7.90. The normalized spacial score (nSPS) is 26.7. The lowest BCUT2D eigenvalue weighted by molar-refractivity contribution is -0.246. The third kappa shape index (κ3) is 5.59. The number of ether oxygens (including phenoxy) is 2. The number of halogens is 2. The summed E-state index contributed by atoms with van der Waals surface area (Å²) in [6.45, 7) is 10.1. The Labute approximate surface area is 109 Å². The van der Waals surface area contributed by atoms with E-state index in [2.05, 4.69) is 4.90 Å². The molecule has 3 nitrogen and oxygen atoms in total. The van der Waals surface area contributed by atoms with Gasteiger partial charge in [0.2, 0.25) is 0 Å². The number of alkyl halides is 2. The van der Waals surface area contributed by atoms with Crippen LogP contribution in [0.1, 0.15) is 41.0 Å². The largest absolute Gasteiger partial charge is 0.380 e. The van der Waals surface area contributed by atoms with Gasteiger partial charge in [-0.3, -0.25) is 4.90 Å². The fraction of sp³-hybridized carbons (Fsp3) is 1.00. The predicted molar refractivity (Wildman–Crippen MR) is 69.0 cm³/mol. The first-order chi connectivity index (χ1) is 8.37. The Morgan fingerprint density at radius 2 is 1.94 bits per heavy atom. The van der Waals surface area contributed by atoms with E-state index in [-0.39, 0.29) is 12.1 Å². The van der Waals surface area contributed by atoms with Gasteiger partial charge in [0.25, 0.3) is 0 Å². The van der Waals surface area contributed by atoms with Crippen LogP contribution in [0.4, 0.5) is 8.78 Å². The van der Waals surface area contributed by atoms with Gasteiger partial charge in [-0.05, 0) is 19.9 Å². The Hall–Kier alpha value is -0.260. The molecule has 1 fully saturated rings. The molecule has 1 aliphatic heterocycles. The highest BCUT2D eigenvalue weighted by Crippen LogP contribution is 2.28. The van der Waals surface area contributed by atoms with Crippen LogP contribution in [0.2, 0.25) is 0 Å². The van der Waals surface area contributed by atoms with E-state index in [1.165, 1.54) is 0 Å². The van der Waals surface area contributed by atoms with Gasteiger partial charge < -0.3 is 9.47 Å². The Balaban J connectivity index is 0.00000137. The average molecular weight is 267 g/mol. The van der Waals surface area contributed by atoms with E-state index in [4.69, 9.17) is 9.47 Å². The molecule has 18 heavy (non-hydrogen) atoms. The molecule has 5 heteroatoms. The predicted octanol–water partition coefficient (Wildman–Crippen LogP) is 3.14. The molecule has 1 heterocycles. The van der Waals surface area contributed by atoms with Crippen molar-refractivity contribution in [1.29, 1.82) is 0 Å². The van der Waals surface area contributed by atoms with Gasteiger partial charge in [0, 0.05) is 26.6 Å². The van der Waals surface area contributed by atoms with Gasteiger partial charge in [-0.1, -0.05) is 20.8 Å². The highest BCUT2D eigenvalue weighted by molar-refractivity contribution is 4.89. The van der Waals surface area contributed by atoms with Crippen molar-refractivity contribution in [2.75, 3.05) is 20.2 Å². The molecule has 0 unspecified atom stereocenters. The SMILES string of the molecule is CC.CCN1C[C@H](OC(C)(F)F)C[C@H]1[C@H](C)OC. The van der Waals surface area contributed by atoms with Crippen LogP contribution in [0, 0.1) is 0 Å². The molecule has 3 atom stereocenters. The van der Waals surface area contributed by atoms with Gasteiger partial charge in [-0.15, -0.1) is 0 Å². The van der Waals surface area contributed by atoms with E-state index in [1.807, 2.05) is 27.7 Å². The van der Waals surface area contributed by atoms with E-state index in [0.29, 0.717) is 13.0 Å². The second kappa shape index (κ2) is 8.02. The second-order valence-electron chi connectivity index (χ2n) is 4.38. The molecule has 0 saturated carbocycles. The van der Waals surface area contributed by atoms with Crippen molar-refractivity contribution in [2.24, 2.45) is 0 Å². The van der Waals surface area contributed by atoms with Crippen molar-refractivity contribution in [3.05, 3.63) is 0 Å². The zero-order valence-electron chi connectivity index (χ0n) is 12.4. The highest BCUT2D eigenvalue weighted by atomic mass is 19.3. The molecule has 0 aliphatic carbocycles. The van der Waals surface area contributed by atoms with Crippen molar-refractivity contribution in [3.63, 3.8) is 0 Å². The Bertz CT molecular complexity index is 222. The number of likely N-dealkylation sites (tertiary alicyclic amines) is 1. The van der Waals surface area contributed by atoms with E-state index in [1.54, 1.807) is 7.11 Å². The van der Waals surface area contributed by atoms with Gasteiger partial charge in [-0.25, -0.2) is 0 Å². The number of rotatable bonds is 5. The first kappa shape index (κ1) is 17.7. The van der Waals surface area contributed by atoms with Crippen LogP contribution in [0.25, 0.3) is 0 Å². The average Bonchev–Trinajstić information content (AvgIpc) is 2.71. The fourth-order valence-corrected chi connectivity index (χ4v) is 2.28. The molecule has 0 bridgehead atoms. The lowest BCUT2D eigenvalue weighted by atomic mass is 10.1. The second-order valence-corrected chi connectivity index (χ2v) is 4.38. The van der Waals surface area contributed by atoms with Crippen LogP contribution in [-0.4, -0.2) is 49.5 Å². The van der Waals surface area contributed by atoms with Gasteiger partial charge in [0.1, 0.15) is 0 Å². The maximum Gasteiger partial charge on any atom is 0.353 e. The molecule has 0 N–H and O–H groups in total. The maximum atomic E-state index is 12.7. The monoisotopic (exact) mass is 267 g/mol. The summed E-state index contributed by atoms with van der Waals surface area (Å²) < 4.78 is 35.5. The molecule has 1 aliphatic rings. The van der Waals surface area contributed by atoms with Crippen LogP contribution in [0.3, 0.4) is 0 Å². The third-order valence-corrected chi connectivity index (χ3v) is 3.10. The molecule has 110 valence electrons. The minimum Gasteiger partial charge on any atom is -0.380 e. The summed E-state index contributed by atoms with van der Waals surface area (Å²) in [7, 11) is 1.64. The molecule has 0 aromatic heterocycles. The number of nitrogens with zero attached hydrogens (tertiary/aromatic N) is 1. The summed E-state index contributed by atoms with van der Waals surface area (Å²) in [5.74, 6) is 0. The zero-order valence-corrected chi connectivity index (χ0v) is 12.4. The Morgan fingerprint density at radius 1 is 1.39 bits per heavy atom. The van der Waals surface area contributed by atoms with Gasteiger partial charge >= 0.3 is 6.11 Å². The zero-order chi connectivity index (χ0) is 14.3. The minimum atomic E-state index is -3.05. The van der Waals surface area contributed by atoms with Gasteiger partial charge in [0.05, 0.1) is 12.2 Å². The van der Waals surface area contributed by atoms with E-state index >= 15 is 0 Å². The minimum absolute atomic E-state index is 0.0408. The first-order valence-corrected chi connectivity index (χ1v) is 6.69. The number of hydrogen-bond acceptors (Lipinski definition) is 3. The lowest BCUT2D eigenvalue weighted by Gasteiger charge is -2.26. The summed E-state index contributed by atoms with van der Waals surface area (Å²) in [6.07, 6.45) is -2.80. The first-order valence-electron chi connectivity index (χ1n) is 6.69. The van der Waals surface area contributed by atoms with Crippen molar-refractivity contribution >= 4 is 0 Å². The topological polar surface area (TPSA) is 21.7 Å². The maximum absolute atomic E-state index is 12.7. The van der Waals surface area contributed by atoms with Crippen molar-refractivity contribution in [1.82, 2.24) is 4.90 Å². The molecule has 0 aromatic rings. The molecular formula is C13H27F2NO2. The van der Waals surface area contributed by atoms with E-state index in [9.17, 15) is 8.78 Å². The molecule has 0 spiro atoms. The number of hydrogen-bond donors (Lipinski definition) is 0. The van der Waals surface area contributed by atoms with Gasteiger partial charge in [-0.2, -0.15) is 8.78 Å². The summed E-state index contributed by atoms with van der Waals surface area (Å²) >= 11 is 0. The van der Waals surface area contributed by atoms with E-state index in [0.717, 1.165) is 13.5 Å². The molecule has 0 amide bonds. The molecule has 0 radical (unpaired) electrons.